The average molecular weight is 325 g/mol. The molecule has 0 aliphatic carbocycles. The van der Waals surface area contributed by atoms with E-state index in [4.69, 9.17) is 9.84 Å². The first-order valence-electron chi connectivity index (χ1n) is 8.96. The van der Waals surface area contributed by atoms with Crippen molar-refractivity contribution in [1.82, 2.24) is 5.32 Å². The molecule has 1 heterocycles. The van der Waals surface area contributed by atoms with Crippen molar-refractivity contribution in [2.75, 3.05) is 13.2 Å². The lowest BCUT2D eigenvalue weighted by Gasteiger charge is -2.08. The molecule has 2 N–H and O–H groups in total. The quantitative estimate of drug-likeness (QED) is 0.310. The number of cyclic esters (lactones) is 1. The second kappa shape index (κ2) is 13.1. The summed E-state index contributed by atoms with van der Waals surface area (Å²) < 4.78 is 4.81. The summed E-state index contributed by atoms with van der Waals surface area (Å²) >= 11 is 0. The second-order valence-corrected chi connectivity index (χ2v) is 6.07. The van der Waals surface area contributed by atoms with Crippen LogP contribution in [0.2, 0.25) is 0 Å². The maximum absolute atomic E-state index is 11.7. The molecule has 23 heavy (non-hydrogen) atoms. The molecule has 0 aromatic carbocycles. The fraction of sp³-hybridized carbons (Fsp3) is 0.778. The number of carbonyl (C=O) groups excluding carboxylic acids is 2. The smallest absolute Gasteiger partial charge is 0.328 e. The van der Waals surface area contributed by atoms with Crippen molar-refractivity contribution in [2.45, 2.75) is 76.7 Å². The van der Waals surface area contributed by atoms with Gasteiger partial charge in [0, 0.05) is 19.4 Å². The van der Waals surface area contributed by atoms with Gasteiger partial charge in [-0.3, -0.25) is 4.79 Å². The lowest BCUT2D eigenvalue weighted by molar-refractivity contribution is -0.141. The average Bonchev–Trinajstić information content (AvgIpc) is 2.93. The van der Waals surface area contributed by atoms with Gasteiger partial charge < -0.3 is 15.2 Å². The summed E-state index contributed by atoms with van der Waals surface area (Å²) in [7, 11) is 0. The van der Waals surface area contributed by atoms with E-state index in [1.807, 2.05) is 0 Å². The zero-order valence-electron chi connectivity index (χ0n) is 14.1. The number of aliphatic hydroxyl groups is 1. The number of amides is 1. The van der Waals surface area contributed by atoms with Crippen LogP contribution in [0.25, 0.3) is 0 Å². The van der Waals surface area contributed by atoms with E-state index >= 15 is 0 Å². The topological polar surface area (TPSA) is 75.6 Å². The van der Waals surface area contributed by atoms with Crippen molar-refractivity contribution in [1.29, 1.82) is 0 Å². The van der Waals surface area contributed by atoms with Crippen molar-refractivity contribution in [3.8, 4) is 0 Å². The monoisotopic (exact) mass is 325 g/mol. The van der Waals surface area contributed by atoms with Crippen LogP contribution in [0.15, 0.2) is 12.2 Å². The third-order valence-electron chi connectivity index (χ3n) is 3.99. The SMILES string of the molecule is O=C(CCCCC/C=C\CCCCCCO)N[C@H]1CCOC1=O. The molecule has 1 fully saturated rings. The highest BCUT2D eigenvalue weighted by atomic mass is 16.5. The minimum Gasteiger partial charge on any atom is -0.464 e. The number of hydrogen-bond donors (Lipinski definition) is 2. The first kappa shape index (κ1) is 19.7. The van der Waals surface area contributed by atoms with Gasteiger partial charge >= 0.3 is 5.97 Å². The molecule has 1 rings (SSSR count). The van der Waals surface area contributed by atoms with Gasteiger partial charge in [-0.15, -0.1) is 0 Å². The van der Waals surface area contributed by atoms with Crippen LogP contribution in [0.5, 0.6) is 0 Å². The Balaban J connectivity index is 1.87. The predicted octanol–water partition coefficient (Wildman–Crippen LogP) is 2.87. The molecule has 1 saturated heterocycles. The number of hydrogen-bond acceptors (Lipinski definition) is 4. The number of esters is 1. The van der Waals surface area contributed by atoms with Gasteiger partial charge in [0.1, 0.15) is 6.04 Å². The van der Waals surface area contributed by atoms with Crippen molar-refractivity contribution in [3.05, 3.63) is 12.2 Å². The minimum atomic E-state index is -0.428. The molecule has 0 bridgehead atoms. The molecule has 0 aromatic rings. The van der Waals surface area contributed by atoms with Gasteiger partial charge in [0.15, 0.2) is 0 Å². The molecule has 132 valence electrons. The van der Waals surface area contributed by atoms with Gasteiger partial charge in [0.05, 0.1) is 6.61 Å². The van der Waals surface area contributed by atoms with Crippen LogP contribution < -0.4 is 5.32 Å². The summed E-state index contributed by atoms with van der Waals surface area (Å²) in [6.07, 6.45) is 15.1. The summed E-state index contributed by atoms with van der Waals surface area (Å²) in [5.74, 6) is -0.355. The Kier molecular flexibility index (Phi) is 11.2. The Hall–Kier alpha value is -1.36. The van der Waals surface area contributed by atoms with Gasteiger partial charge in [0.2, 0.25) is 5.91 Å². The number of aliphatic hydroxyl groups excluding tert-OH is 1. The third kappa shape index (κ3) is 10.1. The molecule has 0 aromatic heterocycles. The molecule has 1 aliphatic rings. The third-order valence-corrected chi connectivity index (χ3v) is 3.99. The van der Waals surface area contributed by atoms with Crippen LogP contribution in [0, 0.1) is 0 Å². The summed E-state index contributed by atoms with van der Waals surface area (Å²) in [4.78, 5) is 22.9. The Bertz CT molecular complexity index is 368. The summed E-state index contributed by atoms with van der Waals surface area (Å²) in [5, 5.41) is 11.4. The van der Waals surface area contributed by atoms with E-state index in [1.54, 1.807) is 0 Å². The van der Waals surface area contributed by atoms with E-state index < -0.39 is 6.04 Å². The van der Waals surface area contributed by atoms with Gasteiger partial charge in [0.25, 0.3) is 0 Å². The van der Waals surface area contributed by atoms with E-state index in [0.717, 1.165) is 44.9 Å². The number of ether oxygens (including phenoxy) is 1. The van der Waals surface area contributed by atoms with Crippen LogP contribution in [-0.2, 0) is 14.3 Å². The molecule has 0 unspecified atom stereocenters. The van der Waals surface area contributed by atoms with Gasteiger partial charge in [-0.25, -0.2) is 4.79 Å². The molecule has 5 heteroatoms. The van der Waals surface area contributed by atoms with Crippen molar-refractivity contribution < 1.29 is 19.4 Å². The molecular weight excluding hydrogens is 294 g/mol. The highest BCUT2D eigenvalue weighted by Gasteiger charge is 2.27. The van der Waals surface area contributed by atoms with Crippen molar-refractivity contribution in [2.24, 2.45) is 0 Å². The first-order chi connectivity index (χ1) is 11.2. The Morgan fingerprint density at radius 2 is 1.74 bits per heavy atom. The summed E-state index contributed by atoms with van der Waals surface area (Å²) in [5.41, 5.74) is 0. The van der Waals surface area contributed by atoms with E-state index in [9.17, 15) is 9.59 Å². The molecule has 1 atom stereocenters. The highest BCUT2D eigenvalue weighted by molar-refractivity contribution is 5.85. The van der Waals surface area contributed by atoms with Crippen LogP contribution in [0.1, 0.15) is 70.6 Å². The van der Waals surface area contributed by atoms with E-state index in [0.29, 0.717) is 26.1 Å². The van der Waals surface area contributed by atoms with Crippen LogP contribution in [-0.4, -0.2) is 36.2 Å². The highest BCUT2D eigenvalue weighted by Crippen LogP contribution is 2.09. The molecule has 0 radical (unpaired) electrons. The van der Waals surface area contributed by atoms with Gasteiger partial charge in [-0.1, -0.05) is 31.4 Å². The fourth-order valence-corrected chi connectivity index (χ4v) is 2.58. The van der Waals surface area contributed by atoms with E-state index in [2.05, 4.69) is 17.5 Å². The van der Waals surface area contributed by atoms with Gasteiger partial charge in [-0.2, -0.15) is 0 Å². The Morgan fingerprint density at radius 1 is 1.09 bits per heavy atom. The second-order valence-electron chi connectivity index (χ2n) is 6.07. The number of rotatable bonds is 13. The molecule has 1 amide bonds. The predicted molar refractivity (Wildman–Crippen MR) is 89.9 cm³/mol. The number of carbonyl (C=O) groups is 2. The Labute approximate surface area is 139 Å². The van der Waals surface area contributed by atoms with Crippen LogP contribution >= 0.6 is 0 Å². The lowest BCUT2D eigenvalue weighted by atomic mass is 10.1. The standard InChI is InChI=1S/C18H31NO4/c20-14-11-9-7-5-3-1-2-4-6-8-10-12-17(21)19-16-13-15-23-18(16)22/h1-2,16,20H,3-15H2,(H,19,21)/b2-1-/t16-/m0/s1. The minimum absolute atomic E-state index is 0.0488. The number of unbranched alkanes of at least 4 members (excludes halogenated alkanes) is 7. The number of nitrogens with one attached hydrogen (secondary N) is 1. The molecular formula is C18H31NO4. The maximum atomic E-state index is 11.7. The zero-order chi connectivity index (χ0) is 16.8. The van der Waals surface area contributed by atoms with Crippen LogP contribution in [0.3, 0.4) is 0 Å². The van der Waals surface area contributed by atoms with E-state index in [-0.39, 0.29) is 11.9 Å². The molecule has 0 saturated carbocycles. The molecule has 1 aliphatic heterocycles. The first-order valence-corrected chi connectivity index (χ1v) is 8.96. The van der Waals surface area contributed by atoms with Crippen molar-refractivity contribution >= 4 is 11.9 Å². The fourth-order valence-electron chi connectivity index (χ4n) is 2.58. The zero-order valence-corrected chi connectivity index (χ0v) is 14.1. The molecule has 5 nitrogen and oxygen atoms in total. The van der Waals surface area contributed by atoms with Gasteiger partial charge in [-0.05, 0) is 38.5 Å². The van der Waals surface area contributed by atoms with Crippen molar-refractivity contribution in [3.63, 3.8) is 0 Å². The normalized spacial score (nSPS) is 17.6. The Morgan fingerprint density at radius 3 is 2.35 bits per heavy atom. The summed E-state index contributed by atoms with van der Waals surface area (Å²) in [6.45, 7) is 0.718. The maximum Gasteiger partial charge on any atom is 0.328 e. The molecule has 0 spiro atoms. The summed E-state index contributed by atoms with van der Waals surface area (Å²) in [6, 6.07) is -0.428. The lowest BCUT2D eigenvalue weighted by Crippen LogP contribution is -2.37. The largest absolute Gasteiger partial charge is 0.464 e. The van der Waals surface area contributed by atoms with E-state index in [1.165, 1.54) is 12.8 Å². The number of allylic oxidation sites excluding steroid dienone is 2. The van der Waals surface area contributed by atoms with Crippen LogP contribution in [0.4, 0.5) is 0 Å².